The molecule has 0 heterocycles. The predicted octanol–water partition coefficient (Wildman–Crippen LogP) is 5.10. The molecule has 27 heavy (non-hydrogen) atoms. The molecule has 1 aliphatic rings. The number of hydrogen-bond donors (Lipinski definition) is 2. The van der Waals surface area contributed by atoms with E-state index in [1.807, 2.05) is 45.9 Å². The van der Waals surface area contributed by atoms with Crippen LogP contribution in [0.3, 0.4) is 0 Å². The second kappa shape index (κ2) is 7.38. The average molecular weight is 398 g/mol. The molecule has 0 amide bonds. The molecule has 4 heteroatoms. The first kappa shape index (κ1) is 19.5. The summed E-state index contributed by atoms with van der Waals surface area (Å²) in [6.45, 7) is 8.04. The lowest BCUT2D eigenvalue weighted by Gasteiger charge is -2.19. The van der Waals surface area contributed by atoms with E-state index < -0.39 is 0 Å². The molecule has 0 saturated carbocycles. The number of nitrogens with two attached hydrogens (primary N) is 2. The van der Waals surface area contributed by atoms with Gasteiger partial charge in [-0.15, -0.1) is 0 Å². The van der Waals surface area contributed by atoms with E-state index in [-0.39, 0.29) is 0 Å². The number of allylic oxidation sites excluding steroid dienone is 5. The minimum absolute atomic E-state index is 0.608. The molecule has 0 aliphatic heterocycles. The van der Waals surface area contributed by atoms with Gasteiger partial charge < -0.3 is 5.73 Å². The van der Waals surface area contributed by atoms with Gasteiger partial charge in [0, 0.05) is 32.4 Å². The zero-order valence-corrected chi connectivity index (χ0v) is 17.5. The number of rotatable bonds is 2. The summed E-state index contributed by atoms with van der Waals surface area (Å²) in [5.74, 6) is 0. The summed E-state index contributed by atoms with van der Waals surface area (Å²) in [5, 5.41) is 7.39. The molecule has 0 bridgehead atoms. The van der Waals surface area contributed by atoms with E-state index in [0.29, 0.717) is 10.0 Å². The van der Waals surface area contributed by atoms with Crippen molar-refractivity contribution >= 4 is 40.2 Å². The molecule has 1 aliphatic carbocycles. The van der Waals surface area contributed by atoms with Gasteiger partial charge in [0.05, 0.1) is 0 Å². The van der Waals surface area contributed by atoms with Gasteiger partial charge >= 0.3 is 0 Å². The summed E-state index contributed by atoms with van der Waals surface area (Å²) in [4.78, 5) is 0. The standard InChI is InChI=1S/C23H22Cl2N2/c1-12-8-16(9-13(2)22(12)26)20(21-18(24)6-5-7-19(21)25)17-10-14(3)23(27)15(4)11-17/h5-11,26H,27H2,1-4H3/p+1. The summed E-state index contributed by atoms with van der Waals surface area (Å²) in [5.41, 5.74) is 15.7. The van der Waals surface area contributed by atoms with Crippen molar-refractivity contribution in [2.45, 2.75) is 27.7 Å². The fourth-order valence-electron chi connectivity index (χ4n) is 3.43. The van der Waals surface area contributed by atoms with Gasteiger partial charge in [0.15, 0.2) is 0 Å². The first-order valence-corrected chi connectivity index (χ1v) is 9.51. The molecule has 0 fully saturated rings. The minimum Gasteiger partial charge on any atom is -0.398 e. The number of benzene rings is 2. The van der Waals surface area contributed by atoms with E-state index in [9.17, 15) is 0 Å². The van der Waals surface area contributed by atoms with E-state index in [0.717, 1.165) is 55.9 Å². The lowest BCUT2D eigenvalue weighted by molar-refractivity contribution is -0.112. The molecule has 0 unspecified atom stereocenters. The second-order valence-electron chi connectivity index (χ2n) is 7.02. The molecule has 0 spiro atoms. The van der Waals surface area contributed by atoms with Crippen molar-refractivity contribution in [2.75, 3.05) is 5.73 Å². The second-order valence-corrected chi connectivity index (χ2v) is 7.83. The summed E-state index contributed by atoms with van der Waals surface area (Å²) >= 11 is 13.2. The third-order valence-corrected chi connectivity index (χ3v) is 5.61. The van der Waals surface area contributed by atoms with E-state index in [1.54, 1.807) is 0 Å². The summed E-state index contributed by atoms with van der Waals surface area (Å²) < 4.78 is 0. The molecule has 0 radical (unpaired) electrons. The van der Waals surface area contributed by atoms with E-state index in [2.05, 4.69) is 24.3 Å². The van der Waals surface area contributed by atoms with Crippen molar-refractivity contribution in [1.82, 2.24) is 0 Å². The Labute approximate surface area is 170 Å². The lowest BCUT2D eigenvalue weighted by Crippen LogP contribution is -2.41. The van der Waals surface area contributed by atoms with Crippen LogP contribution in [0, 0.1) is 13.8 Å². The summed E-state index contributed by atoms with van der Waals surface area (Å²) in [7, 11) is 0. The largest absolute Gasteiger partial charge is 0.398 e. The van der Waals surface area contributed by atoms with Crippen molar-refractivity contribution < 1.29 is 5.41 Å². The van der Waals surface area contributed by atoms with Crippen LogP contribution in [0.1, 0.15) is 36.1 Å². The normalized spacial score (nSPS) is 14.1. The van der Waals surface area contributed by atoms with Crippen molar-refractivity contribution in [3.63, 3.8) is 0 Å². The molecule has 2 aromatic rings. The third-order valence-electron chi connectivity index (χ3n) is 4.98. The topological polar surface area (TPSA) is 51.6 Å². The molecule has 2 aromatic carbocycles. The van der Waals surface area contributed by atoms with Crippen LogP contribution in [0.25, 0.3) is 5.57 Å². The lowest BCUT2D eigenvalue weighted by atomic mass is 9.85. The van der Waals surface area contributed by atoms with Crippen LogP contribution in [0.15, 0.2) is 59.2 Å². The van der Waals surface area contributed by atoms with Gasteiger partial charge in [0.1, 0.15) is 0 Å². The highest BCUT2D eigenvalue weighted by molar-refractivity contribution is 6.38. The maximum atomic E-state index is 6.59. The van der Waals surface area contributed by atoms with E-state index >= 15 is 0 Å². The Bertz CT molecular complexity index is 989. The number of aryl methyl sites for hydroxylation is 2. The maximum Gasteiger partial charge on any atom is 0.202 e. The molecule has 0 atom stereocenters. The first-order valence-electron chi connectivity index (χ1n) is 8.76. The maximum absolute atomic E-state index is 6.59. The Kier molecular flexibility index (Phi) is 5.32. The highest BCUT2D eigenvalue weighted by Gasteiger charge is 2.22. The Morgan fingerprint density at radius 2 is 1.37 bits per heavy atom. The van der Waals surface area contributed by atoms with Crippen LogP contribution in [0.4, 0.5) is 5.69 Å². The van der Waals surface area contributed by atoms with Gasteiger partial charge in [-0.1, -0.05) is 29.3 Å². The Morgan fingerprint density at radius 1 is 0.889 bits per heavy atom. The van der Waals surface area contributed by atoms with Crippen LogP contribution in [-0.2, 0) is 0 Å². The van der Waals surface area contributed by atoms with Gasteiger partial charge in [-0.3, -0.25) is 5.41 Å². The van der Waals surface area contributed by atoms with Gasteiger partial charge in [-0.25, -0.2) is 0 Å². The van der Waals surface area contributed by atoms with Crippen LogP contribution in [-0.4, -0.2) is 5.71 Å². The Morgan fingerprint density at radius 3 is 1.85 bits per heavy atom. The number of nitrogen functional groups attached to an aromatic ring is 1. The smallest absolute Gasteiger partial charge is 0.202 e. The van der Waals surface area contributed by atoms with Gasteiger partial charge in [0.25, 0.3) is 0 Å². The third kappa shape index (κ3) is 3.60. The highest BCUT2D eigenvalue weighted by Crippen LogP contribution is 2.40. The van der Waals surface area contributed by atoms with Crippen molar-refractivity contribution in [2.24, 2.45) is 0 Å². The molecule has 3 rings (SSSR count). The minimum atomic E-state index is 0.608. The number of halogens is 2. The average Bonchev–Trinajstić information content (AvgIpc) is 2.60. The van der Waals surface area contributed by atoms with Crippen molar-refractivity contribution in [3.05, 3.63) is 91.5 Å². The van der Waals surface area contributed by atoms with Crippen LogP contribution >= 0.6 is 23.2 Å². The zero-order valence-electron chi connectivity index (χ0n) is 16.0. The predicted molar refractivity (Wildman–Crippen MR) is 117 cm³/mol. The fraction of sp³-hybridized carbons (Fsp3) is 0.174. The highest BCUT2D eigenvalue weighted by atomic mass is 35.5. The molecule has 0 saturated heterocycles. The Balaban J connectivity index is 2.43. The Hall–Kier alpha value is -2.29. The summed E-state index contributed by atoms with van der Waals surface area (Å²) in [6, 6.07) is 9.73. The van der Waals surface area contributed by atoms with Crippen molar-refractivity contribution in [1.29, 1.82) is 0 Å². The van der Waals surface area contributed by atoms with Crippen LogP contribution in [0.2, 0.25) is 10.0 Å². The van der Waals surface area contributed by atoms with Gasteiger partial charge in [0.2, 0.25) is 5.71 Å². The molecule has 2 nitrogen and oxygen atoms in total. The SMILES string of the molecule is CC1=CC(=C(c2cc(C)c(N)c(C)c2)c2c(Cl)cccc2Cl)C=C(C)C1=[NH2+]. The number of anilines is 1. The van der Waals surface area contributed by atoms with E-state index in [1.165, 1.54) is 0 Å². The quantitative estimate of drug-likeness (QED) is 0.680. The van der Waals surface area contributed by atoms with Crippen LogP contribution < -0.4 is 11.1 Å². The van der Waals surface area contributed by atoms with Gasteiger partial charge in [-0.05, 0) is 91.9 Å². The molecular formula is C23H23Cl2N2+. The van der Waals surface area contributed by atoms with Crippen molar-refractivity contribution in [3.8, 4) is 0 Å². The monoisotopic (exact) mass is 397 g/mol. The van der Waals surface area contributed by atoms with E-state index in [4.69, 9.17) is 34.3 Å². The molecule has 4 N–H and O–H groups in total. The fourth-order valence-corrected chi connectivity index (χ4v) is 4.02. The molecule has 138 valence electrons. The summed E-state index contributed by atoms with van der Waals surface area (Å²) in [6.07, 6.45) is 4.16. The first-order chi connectivity index (χ1) is 12.7. The molecule has 0 aromatic heterocycles. The van der Waals surface area contributed by atoms with Gasteiger partial charge in [-0.2, -0.15) is 0 Å². The molecular weight excluding hydrogens is 375 g/mol. The zero-order chi connectivity index (χ0) is 19.9. The number of hydrogen-bond acceptors (Lipinski definition) is 1. The van der Waals surface area contributed by atoms with Crippen LogP contribution in [0.5, 0.6) is 0 Å².